The molecule has 0 fully saturated rings. The van der Waals surface area contributed by atoms with E-state index in [-0.39, 0.29) is 0 Å². The Hall–Kier alpha value is -4.09. The minimum absolute atomic E-state index is 0.513. The van der Waals surface area contributed by atoms with Crippen LogP contribution >= 0.6 is 11.6 Å². The number of aromatic nitrogens is 4. The molecular formula is C26H15ClN4O. The van der Waals surface area contributed by atoms with Crippen LogP contribution in [0.25, 0.3) is 56.2 Å². The average molecular weight is 435 g/mol. The molecule has 3 heterocycles. The number of hydrogen-bond acceptors (Lipinski definition) is 5. The molecule has 6 heteroatoms. The maximum Gasteiger partial charge on any atom is 0.164 e. The van der Waals surface area contributed by atoms with E-state index in [1.54, 1.807) is 12.3 Å². The molecule has 32 heavy (non-hydrogen) atoms. The van der Waals surface area contributed by atoms with Crippen LogP contribution in [-0.4, -0.2) is 19.9 Å². The Morgan fingerprint density at radius 2 is 1.25 bits per heavy atom. The molecule has 152 valence electrons. The van der Waals surface area contributed by atoms with Crippen molar-refractivity contribution in [2.75, 3.05) is 0 Å². The molecule has 0 aliphatic carbocycles. The highest BCUT2D eigenvalue weighted by atomic mass is 35.5. The number of nitrogens with zero attached hydrogens (tertiary/aromatic N) is 4. The second-order valence-corrected chi connectivity index (χ2v) is 7.75. The van der Waals surface area contributed by atoms with Gasteiger partial charge >= 0.3 is 0 Å². The second-order valence-electron chi connectivity index (χ2n) is 7.32. The van der Waals surface area contributed by atoms with Gasteiger partial charge in [-0.2, -0.15) is 0 Å². The monoisotopic (exact) mass is 434 g/mol. The highest BCUT2D eigenvalue weighted by molar-refractivity contribution is 6.32. The van der Waals surface area contributed by atoms with Crippen molar-refractivity contribution in [2.24, 2.45) is 0 Å². The summed E-state index contributed by atoms with van der Waals surface area (Å²) >= 11 is 6.46. The van der Waals surface area contributed by atoms with Crippen LogP contribution in [0.4, 0.5) is 0 Å². The van der Waals surface area contributed by atoms with Gasteiger partial charge in [-0.05, 0) is 18.2 Å². The van der Waals surface area contributed by atoms with Gasteiger partial charge in [-0.1, -0.05) is 72.3 Å². The summed E-state index contributed by atoms with van der Waals surface area (Å²) in [5, 5.41) is 1.36. The molecule has 6 rings (SSSR count). The van der Waals surface area contributed by atoms with E-state index in [2.05, 4.69) is 4.98 Å². The Morgan fingerprint density at radius 3 is 1.91 bits per heavy atom. The van der Waals surface area contributed by atoms with E-state index in [0.717, 1.165) is 27.6 Å². The number of fused-ring (bicyclic) bond motifs is 3. The molecule has 6 aromatic rings. The van der Waals surface area contributed by atoms with Crippen molar-refractivity contribution in [3.63, 3.8) is 0 Å². The summed E-state index contributed by atoms with van der Waals surface area (Å²) in [6.45, 7) is 0. The fourth-order valence-corrected chi connectivity index (χ4v) is 4.00. The van der Waals surface area contributed by atoms with E-state index in [1.165, 1.54) is 0 Å². The minimum atomic E-state index is 0.513. The molecule has 3 aromatic carbocycles. The molecule has 0 saturated heterocycles. The third kappa shape index (κ3) is 3.20. The molecule has 0 spiro atoms. The van der Waals surface area contributed by atoms with Gasteiger partial charge in [0, 0.05) is 34.0 Å². The van der Waals surface area contributed by atoms with Gasteiger partial charge in [0.2, 0.25) is 0 Å². The van der Waals surface area contributed by atoms with Crippen molar-refractivity contribution in [3.8, 4) is 34.2 Å². The van der Waals surface area contributed by atoms with Gasteiger partial charge in [0.05, 0.1) is 5.39 Å². The molecule has 0 aliphatic heterocycles. The molecule has 0 saturated carbocycles. The first-order valence-electron chi connectivity index (χ1n) is 10.1. The van der Waals surface area contributed by atoms with E-state index in [4.69, 9.17) is 31.0 Å². The lowest BCUT2D eigenvalue weighted by atomic mass is 10.1. The predicted octanol–water partition coefficient (Wildman–Crippen LogP) is 6.82. The first kappa shape index (κ1) is 18.7. The van der Waals surface area contributed by atoms with Crippen LogP contribution in [0.5, 0.6) is 0 Å². The Kier molecular flexibility index (Phi) is 4.40. The molecule has 5 nitrogen and oxygen atoms in total. The molecule has 0 atom stereocenters. The van der Waals surface area contributed by atoms with Crippen LogP contribution in [0.1, 0.15) is 0 Å². The van der Waals surface area contributed by atoms with Crippen molar-refractivity contribution in [1.29, 1.82) is 0 Å². The van der Waals surface area contributed by atoms with E-state index in [1.807, 2.05) is 78.9 Å². The van der Waals surface area contributed by atoms with Crippen LogP contribution in [0, 0.1) is 0 Å². The summed E-state index contributed by atoms with van der Waals surface area (Å²) in [5.74, 6) is 1.69. The van der Waals surface area contributed by atoms with Crippen molar-refractivity contribution in [2.45, 2.75) is 0 Å². The average Bonchev–Trinajstić information content (AvgIpc) is 3.22. The lowest BCUT2D eigenvalue weighted by molar-refractivity contribution is 0.668. The number of furan rings is 1. The Morgan fingerprint density at radius 1 is 0.625 bits per heavy atom. The third-order valence-corrected chi connectivity index (χ3v) is 5.45. The number of benzene rings is 3. The maximum atomic E-state index is 6.46. The zero-order valence-electron chi connectivity index (χ0n) is 16.7. The van der Waals surface area contributed by atoms with Crippen LogP contribution in [0.15, 0.2) is 95.5 Å². The zero-order valence-corrected chi connectivity index (χ0v) is 17.5. The van der Waals surface area contributed by atoms with Crippen molar-refractivity contribution in [3.05, 3.63) is 96.1 Å². The summed E-state index contributed by atoms with van der Waals surface area (Å²) in [6.07, 6.45) is 1.74. The highest BCUT2D eigenvalue weighted by Gasteiger charge is 2.19. The second kappa shape index (κ2) is 7.55. The summed E-state index contributed by atoms with van der Waals surface area (Å²) in [4.78, 5) is 18.9. The summed E-state index contributed by atoms with van der Waals surface area (Å²) in [7, 11) is 0. The summed E-state index contributed by atoms with van der Waals surface area (Å²) < 4.78 is 6.01. The number of halogens is 1. The Labute approximate surface area is 188 Å². The van der Waals surface area contributed by atoms with Crippen LogP contribution < -0.4 is 0 Å². The quantitative estimate of drug-likeness (QED) is 0.305. The largest absolute Gasteiger partial charge is 0.454 e. The number of hydrogen-bond donors (Lipinski definition) is 0. The first-order chi connectivity index (χ1) is 15.8. The van der Waals surface area contributed by atoms with Gasteiger partial charge in [-0.15, -0.1) is 0 Å². The van der Waals surface area contributed by atoms with Gasteiger partial charge in [-0.25, -0.2) is 15.0 Å². The molecule has 3 aromatic heterocycles. The fourth-order valence-electron chi connectivity index (χ4n) is 3.79. The number of pyridine rings is 1. The summed E-state index contributed by atoms with van der Waals surface area (Å²) in [5.41, 5.74) is 4.64. The topological polar surface area (TPSA) is 64.7 Å². The lowest BCUT2D eigenvalue weighted by Gasteiger charge is -2.09. The van der Waals surface area contributed by atoms with Crippen LogP contribution in [-0.2, 0) is 0 Å². The van der Waals surface area contributed by atoms with Gasteiger partial charge in [0.1, 0.15) is 11.1 Å². The van der Waals surface area contributed by atoms with E-state index in [0.29, 0.717) is 33.7 Å². The summed E-state index contributed by atoms with van der Waals surface area (Å²) in [6, 6.07) is 27.1. The normalized spacial score (nSPS) is 11.3. The molecule has 0 amide bonds. The van der Waals surface area contributed by atoms with E-state index >= 15 is 0 Å². The van der Waals surface area contributed by atoms with Crippen LogP contribution in [0.2, 0.25) is 5.02 Å². The van der Waals surface area contributed by atoms with Crippen molar-refractivity contribution in [1.82, 2.24) is 19.9 Å². The molecule has 0 N–H and O–H groups in total. The SMILES string of the molecule is Clc1cc(-c2nc(-c3ccccc3)nc(-c3ccccc3)n2)c2c(c1)oc1cccnc12. The van der Waals surface area contributed by atoms with Gasteiger partial charge in [-0.3, -0.25) is 4.98 Å². The third-order valence-electron chi connectivity index (χ3n) is 5.23. The first-order valence-corrected chi connectivity index (χ1v) is 10.5. The van der Waals surface area contributed by atoms with Gasteiger partial charge < -0.3 is 4.42 Å². The Bertz CT molecular complexity index is 1520. The smallest absolute Gasteiger partial charge is 0.164 e. The predicted molar refractivity (Wildman–Crippen MR) is 126 cm³/mol. The van der Waals surface area contributed by atoms with Gasteiger partial charge in [0.15, 0.2) is 23.1 Å². The molecular weight excluding hydrogens is 420 g/mol. The van der Waals surface area contributed by atoms with Gasteiger partial charge in [0.25, 0.3) is 0 Å². The fraction of sp³-hybridized carbons (Fsp3) is 0. The zero-order chi connectivity index (χ0) is 21.5. The van der Waals surface area contributed by atoms with E-state index in [9.17, 15) is 0 Å². The minimum Gasteiger partial charge on any atom is -0.454 e. The van der Waals surface area contributed by atoms with Crippen LogP contribution in [0.3, 0.4) is 0 Å². The lowest BCUT2D eigenvalue weighted by Crippen LogP contribution is -2.00. The molecule has 0 bridgehead atoms. The van der Waals surface area contributed by atoms with Crippen molar-refractivity contribution >= 4 is 33.7 Å². The molecule has 0 radical (unpaired) electrons. The standard InChI is InChI=1S/C26H15ClN4O/c27-18-14-19(22-21(15-18)32-20-12-7-13-28-23(20)22)26-30-24(16-8-3-1-4-9-16)29-25(31-26)17-10-5-2-6-11-17/h1-15H. The Balaban J connectivity index is 1.68. The molecule has 0 aliphatic rings. The molecule has 0 unspecified atom stereocenters. The maximum absolute atomic E-state index is 6.46. The van der Waals surface area contributed by atoms with E-state index < -0.39 is 0 Å². The number of rotatable bonds is 3. The highest BCUT2D eigenvalue weighted by Crippen LogP contribution is 2.37. The van der Waals surface area contributed by atoms with Crippen molar-refractivity contribution < 1.29 is 4.42 Å².